The Morgan fingerprint density at radius 3 is 2.17 bits per heavy atom. The zero-order valence-electron chi connectivity index (χ0n) is 20.8. The van der Waals surface area contributed by atoms with Crippen molar-refractivity contribution < 1.29 is 19.8 Å². The zero-order valence-corrected chi connectivity index (χ0v) is 20.8. The number of carboxylic acids is 2. The van der Waals surface area contributed by atoms with E-state index < -0.39 is 11.9 Å². The van der Waals surface area contributed by atoms with Crippen LogP contribution in [0.2, 0.25) is 0 Å². The minimum absolute atomic E-state index is 0.436. The van der Waals surface area contributed by atoms with Crippen LogP contribution < -0.4 is 4.90 Å². The summed E-state index contributed by atoms with van der Waals surface area (Å²) < 4.78 is 0. The van der Waals surface area contributed by atoms with Gasteiger partial charge in [-0.3, -0.25) is 4.90 Å². The van der Waals surface area contributed by atoms with Gasteiger partial charge < -0.3 is 15.1 Å². The number of aryl methyl sites for hydroxylation is 1. The highest BCUT2D eigenvalue weighted by molar-refractivity contribution is 5.89. The van der Waals surface area contributed by atoms with Crippen molar-refractivity contribution in [2.45, 2.75) is 68.9 Å². The molecule has 2 fully saturated rings. The van der Waals surface area contributed by atoms with Gasteiger partial charge in [-0.25, -0.2) is 9.59 Å². The molecule has 2 aliphatic carbocycles. The summed E-state index contributed by atoms with van der Waals surface area (Å²) in [7, 11) is 0. The molecule has 2 saturated heterocycles. The van der Waals surface area contributed by atoms with Gasteiger partial charge in [0.05, 0.1) is 0 Å². The number of hydrogen-bond acceptors (Lipinski definition) is 4. The van der Waals surface area contributed by atoms with Crippen LogP contribution in [0.25, 0.3) is 0 Å². The SMILES string of the molecule is O=C(O)/C=C/C(=O)O.c1ccc(N2CCC23CCN(C2CCC4CCCc5cccc2c54)CC3)cc1. The average molecular weight is 489 g/mol. The second-order valence-electron chi connectivity index (χ2n) is 10.6. The summed E-state index contributed by atoms with van der Waals surface area (Å²) in [6.07, 6.45) is 12.1. The van der Waals surface area contributed by atoms with Gasteiger partial charge in [-0.1, -0.05) is 36.4 Å². The first-order valence-corrected chi connectivity index (χ1v) is 13.3. The Morgan fingerprint density at radius 1 is 0.833 bits per heavy atom. The molecule has 6 nitrogen and oxygen atoms in total. The first-order valence-electron chi connectivity index (χ1n) is 13.3. The predicted molar refractivity (Wildman–Crippen MR) is 140 cm³/mol. The molecule has 2 heterocycles. The third-order valence-corrected chi connectivity index (χ3v) is 8.76. The summed E-state index contributed by atoms with van der Waals surface area (Å²) in [5.74, 6) is -1.66. The van der Waals surface area contributed by atoms with E-state index >= 15 is 0 Å². The number of piperidine rings is 1. The molecule has 0 saturated carbocycles. The lowest BCUT2D eigenvalue weighted by molar-refractivity contribution is -0.134. The largest absolute Gasteiger partial charge is 0.478 e. The first kappa shape index (κ1) is 24.6. The first-order chi connectivity index (χ1) is 17.5. The van der Waals surface area contributed by atoms with Crippen molar-refractivity contribution in [2.75, 3.05) is 24.5 Å². The fourth-order valence-electron chi connectivity index (χ4n) is 6.97. The Morgan fingerprint density at radius 2 is 1.53 bits per heavy atom. The molecular formula is C30H36N2O4. The van der Waals surface area contributed by atoms with E-state index in [0.29, 0.717) is 23.7 Å². The second-order valence-corrected chi connectivity index (χ2v) is 10.6. The van der Waals surface area contributed by atoms with Crippen LogP contribution in [0.4, 0.5) is 5.69 Å². The number of rotatable bonds is 4. The smallest absolute Gasteiger partial charge is 0.328 e. The van der Waals surface area contributed by atoms with Crippen LogP contribution in [0, 0.1) is 0 Å². The van der Waals surface area contributed by atoms with Gasteiger partial charge in [0, 0.05) is 49.1 Å². The molecule has 0 amide bonds. The number of hydrogen-bond donors (Lipinski definition) is 2. The summed E-state index contributed by atoms with van der Waals surface area (Å²) >= 11 is 0. The number of nitrogens with zero attached hydrogens (tertiary/aromatic N) is 2. The van der Waals surface area contributed by atoms with E-state index in [2.05, 4.69) is 58.3 Å². The highest BCUT2D eigenvalue weighted by atomic mass is 16.4. The summed E-state index contributed by atoms with van der Waals surface area (Å²) in [4.78, 5) is 24.6. The number of carbonyl (C=O) groups is 2. The zero-order chi connectivity index (χ0) is 25.1. The molecule has 2 aliphatic heterocycles. The van der Waals surface area contributed by atoms with Gasteiger partial charge in [0.1, 0.15) is 0 Å². The number of carboxylic acid groups (broad SMARTS) is 2. The molecule has 1 spiro atoms. The molecule has 2 unspecified atom stereocenters. The van der Waals surface area contributed by atoms with E-state index in [9.17, 15) is 9.59 Å². The van der Waals surface area contributed by atoms with Gasteiger partial charge in [-0.15, -0.1) is 0 Å². The van der Waals surface area contributed by atoms with Crippen molar-refractivity contribution in [1.29, 1.82) is 0 Å². The average Bonchev–Trinajstić information content (AvgIpc) is 2.89. The number of para-hydroxylation sites is 1. The van der Waals surface area contributed by atoms with Crippen LogP contribution in [0.1, 0.15) is 73.6 Å². The third-order valence-electron chi connectivity index (χ3n) is 8.76. The number of anilines is 1. The van der Waals surface area contributed by atoms with Gasteiger partial charge in [0.15, 0.2) is 0 Å². The van der Waals surface area contributed by atoms with Gasteiger partial charge in [-0.2, -0.15) is 0 Å². The highest BCUT2D eigenvalue weighted by Crippen LogP contribution is 2.49. The van der Waals surface area contributed by atoms with E-state index in [1.165, 1.54) is 76.7 Å². The summed E-state index contributed by atoms with van der Waals surface area (Å²) in [6.45, 7) is 3.77. The maximum absolute atomic E-state index is 9.55. The summed E-state index contributed by atoms with van der Waals surface area (Å²) in [5.41, 5.74) is 6.99. The van der Waals surface area contributed by atoms with Crippen LogP contribution in [-0.2, 0) is 16.0 Å². The number of aliphatic carboxylic acids is 2. The van der Waals surface area contributed by atoms with Crippen molar-refractivity contribution in [3.8, 4) is 0 Å². The topological polar surface area (TPSA) is 81.1 Å². The van der Waals surface area contributed by atoms with E-state index in [-0.39, 0.29) is 0 Å². The van der Waals surface area contributed by atoms with Gasteiger partial charge >= 0.3 is 11.9 Å². The molecule has 0 radical (unpaired) electrons. The van der Waals surface area contributed by atoms with Crippen molar-refractivity contribution in [1.82, 2.24) is 4.90 Å². The van der Waals surface area contributed by atoms with Crippen LogP contribution in [-0.4, -0.2) is 52.2 Å². The Balaban J connectivity index is 0.000000292. The Bertz CT molecular complexity index is 1110. The number of likely N-dealkylation sites (tertiary alicyclic amines) is 1. The van der Waals surface area contributed by atoms with Crippen LogP contribution in [0.15, 0.2) is 60.7 Å². The van der Waals surface area contributed by atoms with E-state index in [1.54, 1.807) is 16.7 Å². The molecule has 4 aliphatic rings. The molecule has 0 bridgehead atoms. The quantitative estimate of drug-likeness (QED) is 0.561. The standard InChI is InChI=1S/C26H32N2.C4H4O4/c1-2-9-22(10-3-1)28-19-16-26(28)14-17-27(18-15-26)24-13-12-21-7-4-6-20-8-5-11-23(24)25(20)21;5-3(6)1-2-4(7)8/h1-3,5,8-11,21,24H,4,6-7,12-19H2;1-2H,(H,5,6)(H,7,8)/b;2-1+. The lowest BCUT2D eigenvalue weighted by Gasteiger charge is -2.58. The highest BCUT2D eigenvalue weighted by Gasteiger charge is 2.47. The molecular weight excluding hydrogens is 452 g/mol. The van der Waals surface area contributed by atoms with Crippen LogP contribution >= 0.6 is 0 Å². The number of benzene rings is 2. The van der Waals surface area contributed by atoms with Crippen molar-refractivity contribution in [3.05, 3.63) is 77.4 Å². The Kier molecular flexibility index (Phi) is 7.15. The second kappa shape index (κ2) is 10.5. The molecule has 0 aromatic heterocycles. The predicted octanol–water partition coefficient (Wildman–Crippen LogP) is 5.40. The van der Waals surface area contributed by atoms with Crippen LogP contribution in [0.3, 0.4) is 0 Å². The molecule has 6 heteroatoms. The van der Waals surface area contributed by atoms with Gasteiger partial charge in [0.25, 0.3) is 0 Å². The van der Waals surface area contributed by atoms with E-state index in [1.807, 2.05) is 0 Å². The maximum Gasteiger partial charge on any atom is 0.328 e. The summed E-state index contributed by atoms with van der Waals surface area (Å²) in [6, 6.07) is 19.0. The molecule has 36 heavy (non-hydrogen) atoms. The van der Waals surface area contributed by atoms with Crippen molar-refractivity contribution >= 4 is 17.6 Å². The molecule has 6 rings (SSSR count). The lowest BCUT2D eigenvalue weighted by Crippen LogP contribution is -2.64. The summed E-state index contributed by atoms with van der Waals surface area (Å²) in [5, 5.41) is 15.6. The molecule has 190 valence electrons. The molecule has 2 aromatic carbocycles. The molecule has 2 atom stereocenters. The van der Waals surface area contributed by atoms with E-state index in [4.69, 9.17) is 10.2 Å². The lowest BCUT2D eigenvalue weighted by atomic mass is 9.70. The van der Waals surface area contributed by atoms with Crippen LogP contribution in [0.5, 0.6) is 0 Å². The fourth-order valence-corrected chi connectivity index (χ4v) is 6.97. The Labute approximate surface area is 213 Å². The Hall–Kier alpha value is -3.12. The minimum atomic E-state index is -1.26. The van der Waals surface area contributed by atoms with Gasteiger partial charge in [0.2, 0.25) is 0 Å². The van der Waals surface area contributed by atoms with Crippen molar-refractivity contribution in [2.24, 2.45) is 0 Å². The monoisotopic (exact) mass is 488 g/mol. The maximum atomic E-state index is 9.55. The van der Waals surface area contributed by atoms with Crippen molar-refractivity contribution in [3.63, 3.8) is 0 Å². The normalized spacial score (nSPS) is 24.4. The van der Waals surface area contributed by atoms with Gasteiger partial charge in [-0.05, 0) is 86.1 Å². The fraction of sp³-hybridized carbons (Fsp3) is 0.467. The molecule has 2 aromatic rings. The van der Waals surface area contributed by atoms with E-state index in [0.717, 1.165) is 5.92 Å². The third kappa shape index (κ3) is 4.92. The minimum Gasteiger partial charge on any atom is -0.478 e. The molecule has 2 N–H and O–H groups in total.